The molecular formula is C10H9ClF3NO2. The Hall–Kier alpha value is -1.27. The average molecular weight is 268 g/mol. The van der Waals surface area contributed by atoms with Gasteiger partial charge in [0, 0.05) is 5.02 Å². The summed E-state index contributed by atoms with van der Waals surface area (Å²) in [7, 11) is 0. The Labute approximate surface area is 100.0 Å². The molecule has 94 valence electrons. The van der Waals surface area contributed by atoms with Crippen LogP contribution in [-0.4, -0.2) is 17.1 Å². The van der Waals surface area contributed by atoms with Crippen LogP contribution in [0.1, 0.15) is 11.1 Å². The lowest BCUT2D eigenvalue weighted by Gasteiger charge is -2.14. The van der Waals surface area contributed by atoms with Gasteiger partial charge in [-0.15, -0.1) is 0 Å². The zero-order valence-electron chi connectivity index (χ0n) is 8.46. The molecule has 0 spiro atoms. The number of carbonyl (C=O) groups is 1. The smallest absolute Gasteiger partial charge is 0.416 e. The summed E-state index contributed by atoms with van der Waals surface area (Å²) in [6.07, 6.45) is -4.98. The number of carboxylic acids is 1. The van der Waals surface area contributed by atoms with E-state index in [2.05, 4.69) is 0 Å². The zero-order chi connectivity index (χ0) is 13.2. The van der Waals surface area contributed by atoms with Gasteiger partial charge in [-0.25, -0.2) is 0 Å². The number of carboxylic acid groups (broad SMARTS) is 1. The van der Waals surface area contributed by atoms with Gasteiger partial charge in [0.15, 0.2) is 0 Å². The Bertz CT molecular complexity index is 434. The van der Waals surface area contributed by atoms with E-state index in [1.54, 1.807) is 0 Å². The second-order valence-electron chi connectivity index (χ2n) is 3.45. The Kier molecular flexibility index (Phi) is 4.00. The summed E-state index contributed by atoms with van der Waals surface area (Å²) in [5.74, 6) is -1.36. The summed E-state index contributed by atoms with van der Waals surface area (Å²) in [5, 5.41) is 8.67. The van der Waals surface area contributed by atoms with Crippen molar-refractivity contribution in [1.82, 2.24) is 0 Å². The molecule has 0 saturated heterocycles. The monoisotopic (exact) mass is 267 g/mol. The van der Waals surface area contributed by atoms with Gasteiger partial charge in [-0.05, 0) is 30.2 Å². The Morgan fingerprint density at radius 3 is 2.53 bits per heavy atom. The minimum absolute atomic E-state index is 0.102. The highest BCUT2D eigenvalue weighted by Crippen LogP contribution is 2.33. The summed E-state index contributed by atoms with van der Waals surface area (Å²) in [6, 6.07) is 1.59. The molecule has 0 amide bonds. The van der Waals surface area contributed by atoms with Crippen molar-refractivity contribution < 1.29 is 23.1 Å². The van der Waals surface area contributed by atoms with Crippen LogP contribution in [0.15, 0.2) is 18.2 Å². The Morgan fingerprint density at radius 2 is 2.06 bits per heavy atom. The van der Waals surface area contributed by atoms with Crippen LogP contribution in [0.25, 0.3) is 0 Å². The summed E-state index contributed by atoms with van der Waals surface area (Å²) >= 11 is 5.57. The van der Waals surface area contributed by atoms with E-state index in [4.69, 9.17) is 22.4 Å². The van der Waals surface area contributed by atoms with E-state index < -0.39 is 30.2 Å². The predicted octanol–water partition coefficient (Wildman–Crippen LogP) is 2.31. The summed E-state index contributed by atoms with van der Waals surface area (Å²) < 4.78 is 37.8. The van der Waals surface area contributed by atoms with Crippen LogP contribution in [0, 0.1) is 0 Å². The topological polar surface area (TPSA) is 63.3 Å². The Balaban J connectivity index is 3.12. The van der Waals surface area contributed by atoms with Crippen molar-refractivity contribution in [2.45, 2.75) is 18.6 Å². The van der Waals surface area contributed by atoms with Crippen LogP contribution in [-0.2, 0) is 17.4 Å². The van der Waals surface area contributed by atoms with Gasteiger partial charge in [-0.3, -0.25) is 4.79 Å². The number of nitrogens with two attached hydrogens (primary N) is 1. The highest BCUT2D eigenvalue weighted by atomic mass is 35.5. The number of benzene rings is 1. The van der Waals surface area contributed by atoms with Gasteiger partial charge in [0.05, 0.1) is 5.56 Å². The van der Waals surface area contributed by atoms with E-state index in [0.29, 0.717) is 0 Å². The Morgan fingerprint density at radius 1 is 1.47 bits per heavy atom. The third-order valence-electron chi connectivity index (χ3n) is 2.13. The molecule has 1 aromatic rings. The molecule has 3 N–H and O–H groups in total. The lowest BCUT2D eigenvalue weighted by atomic mass is 10.0. The predicted molar refractivity (Wildman–Crippen MR) is 55.8 cm³/mol. The number of halogens is 4. The van der Waals surface area contributed by atoms with E-state index in [0.717, 1.165) is 18.2 Å². The number of rotatable bonds is 3. The fourth-order valence-electron chi connectivity index (χ4n) is 1.33. The van der Waals surface area contributed by atoms with E-state index in [1.165, 1.54) is 0 Å². The third-order valence-corrected chi connectivity index (χ3v) is 2.36. The molecule has 0 unspecified atom stereocenters. The van der Waals surface area contributed by atoms with Gasteiger partial charge in [0.2, 0.25) is 0 Å². The van der Waals surface area contributed by atoms with Crippen LogP contribution in [0.4, 0.5) is 13.2 Å². The van der Waals surface area contributed by atoms with Crippen molar-refractivity contribution in [3.05, 3.63) is 34.3 Å². The standard InChI is InChI=1S/C10H9ClF3NO2/c11-6-1-2-7(10(12,13)14)5(3-6)4-8(15)9(16)17/h1-3,8H,4,15H2,(H,16,17)/t8-/m1/s1. The van der Waals surface area contributed by atoms with Crippen LogP contribution in [0.3, 0.4) is 0 Å². The molecule has 0 saturated carbocycles. The summed E-state index contributed by atoms with van der Waals surface area (Å²) in [5.41, 5.74) is 4.06. The van der Waals surface area contributed by atoms with E-state index in [9.17, 15) is 18.0 Å². The van der Waals surface area contributed by atoms with Crippen LogP contribution < -0.4 is 5.73 Å². The van der Waals surface area contributed by atoms with E-state index in [1.807, 2.05) is 0 Å². The highest BCUT2D eigenvalue weighted by Gasteiger charge is 2.34. The quantitative estimate of drug-likeness (QED) is 0.883. The van der Waals surface area contributed by atoms with Crippen LogP contribution in [0.2, 0.25) is 5.02 Å². The van der Waals surface area contributed by atoms with Gasteiger partial charge < -0.3 is 10.8 Å². The van der Waals surface area contributed by atoms with Gasteiger partial charge in [-0.1, -0.05) is 11.6 Å². The van der Waals surface area contributed by atoms with Gasteiger partial charge >= 0.3 is 12.1 Å². The molecule has 0 aromatic heterocycles. The van der Waals surface area contributed by atoms with Crippen molar-refractivity contribution in [2.75, 3.05) is 0 Å². The first-order chi connectivity index (χ1) is 7.71. The molecule has 0 fully saturated rings. The van der Waals surface area contributed by atoms with Crippen LogP contribution >= 0.6 is 11.6 Å². The van der Waals surface area contributed by atoms with Gasteiger partial charge in [0.25, 0.3) is 0 Å². The second kappa shape index (κ2) is 4.93. The molecule has 0 aliphatic rings. The first-order valence-electron chi connectivity index (χ1n) is 4.56. The van der Waals surface area contributed by atoms with Crippen LogP contribution in [0.5, 0.6) is 0 Å². The van der Waals surface area contributed by atoms with Crippen molar-refractivity contribution in [2.24, 2.45) is 5.73 Å². The van der Waals surface area contributed by atoms with Crippen molar-refractivity contribution in [1.29, 1.82) is 0 Å². The number of aliphatic carboxylic acids is 1. The molecule has 0 radical (unpaired) electrons. The molecule has 3 nitrogen and oxygen atoms in total. The summed E-state index contributed by atoms with van der Waals surface area (Å²) in [6.45, 7) is 0. The maximum absolute atomic E-state index is 12.6. The minimum atomic E-state index is -4.56. The molecule has 0 bridgehead atoms. The highest BCUT2D eigenvalue weighted by molar-refractivity contribution is 6.30. The summed E-state index contributed by atoms with van der Waals surface area (Å²) in [4.78, 5) is 10.5. The molecular weight excluding hydrogens is 259 g/mol. The molecule has 0 heterocycles. The van der Waals surface area contributed by atoms with Gasteiger partial charge in [-0.2, -0.15) is 13.2 Å². The normalized spacial score (nSPS) is 13.5. The maximum Gasteiger partial charge on any atom is 0.416 e. The average Bonchev–Trinajstić information content (AvgIpc) is 2.15. The first-order valence-corrected chi connectivity index (χ1v) is 4.93. The minimum Gasteiger partial charge on any atom is -0.480 e. The molecule has 0 aliphatic heterocycles. The second-order valence-corrected chi connectivity index (χ2v) is 3.88. The largest absolute Gasteiger partial charge is 0.480 e. The fraction of sp³-hybridized carbons (Fsp3) is 0.300. The van der Waals surface area contributed by atoms with Crippen molar-refractivity contribution in [3.63, 3.8) is 0 Å². The van der Waals surface area contributed by atoms with E-state index >= 15 is 0 Å². The van der Waals surface area contributed by atoms with Crippen molar-refractivity contribution in [3.8, 4) is 0 Å². The molecule has 7 heteroatoms. The number of alkyl halides is 3. The maximum atomic E-state index is 12.6. The molecule has 0 aliphatic carbocycles. The van der Waals surface area contributed by atoms with Crippen molar-refractivity contribution >= 4 is 17.6 Å². The SMILES string of the molecule is N[C@H](Cc1cc(Cl)ccc1C(F)(F)F)C(=O)O. The third kappa shape index (κ3) is 3.61. The first kappa shape index (κ1) is 13.8. The molecule has 1 aromatic carbocycles. The lowest BCUT2D eigenvalue weighted by Crippen LogP contribution is -2.33. The lowest BCUT2D eigenvalue weighted by molar-refractivity contribution is -0.140. The fourth-order valence-corrected chi connectivity index (χ4v) is 1.53. The zero-order valence-corrected chi connectivity index (χ0v) is 9.22. The van der Waals surface area contributed by atoms with E-state index in [-0.39, 0.29) is 10.6 Å². The van der Waals surface area contributed by atoms with Gasteiger partial charge in [0.1, 0.15) is 6.04 Å². The number of hydrogen-bond donors (Lipinski definition) is 2. The number of hydrogen-bond acceptors (Lipinski definition) is 2. The molecule has 1 atom stereocenters. The molecule has 1 rings (SSSR count). The molecule has 17 heavy (non-hydrogen) atoms.